The van der Waals surface area contributed by atoms with Crippen molar-refractivity contribution in [1.82, 2.24) is 4.31 Å². The first-order chi connectivity index (χ1) is 9.37. The highest BCUT2D eigenvalue weighted by molar-refractivity contribution is 7.89. The van der Waals surface area contributed by atoms with Crippen LogP contribution in [0.1, 0.15) is 36.5 Å². The number of carboxylic acids is 1. The van der Waals surface area contributed by atoms with Crippen molar-refractivity contribution in [3.05, 3.63) is 23.8 Å². The standard InChI is InChI=1S/C13H17NO5S/c1-2-9-4-3-7-14(9)20(18,19)10-5-6-12(15)11(8-10)13(16)17/h5-6,8-9,15H,2-4,7H2,1H3,(H,16,17). The van der Waals surface area contributed by atoms with E-state index in [9.17, 15) is 18.3 Å². The second kappa shape index (κ2) is 5.41. The highest BCUT2D eigenvalue weighted by atomic mass is 32.2. The number of sulfonamides is 1. The largest absolute Gasteiger partial charge is 0.507 e. The van der Waals surface area contributed by atoms with Gasteiger partial charge in [-0.3, -0.25) is 0 Å². The quantitative estimate of drug-likeness (QED) is 0.881. The van der Waals surface area contributed by atoms with E-state index < -0.39 is 27.3 Å². The minimum Gasteiger partial charge on any atom is -0.507 e. The molecule has 2 N–H and O–H groups in total. The van der Waals surface area contributed by atoms with Gasteiger partial charge in [0.15, 0.2) is 0 Å². The maximum Gasteiger partial charge on any atom is 0.339 e. The van der Waals surface area contributed by atoms with E-state index in [0.29, 0.717) is 6.54 Å². The van der Waals surface area contributed by atoms with Crippen LogP contribution in [0.3, 0.4) is 0 Å². The van der Waals surface area contributed by atoms with Gasteiger partial charge in [-0.1, -0.05) is 6.92 Å². The predicted molar refractivity (Wildman–Crippen MR) is 72.3 cm³/mol. The second-order valence-corrected chi connectivity index (χ2v) is 6.69. The molecule has 0 saturated carbocycles. The van der Waals surface area contributed by atoms with Crippen LogP contribution in [0.15, 0.2) is 23.1 Å². The molecule has 0 aliphatic carbocycles. The molecule has 1 saturated heterocycles. The fourth-order valence-corrected chi connectivity index (χ4v) is 4.31. The van der Waals surface area contributed by atoms with E-state index in [1.807, 2.05) is 6.92 Å². The molecule has 0 amide bonds. The third-order valence-electron chi connectivity index (χ3n) is 3.60. The highest BCUT2D eigenvalue weighted by Gasteiger charge is 2.34. The fourth-order valence-electron chi connectivity index (χ4n) is 2.52. The molecule has 1 fully saturated rings. The van der Waals surface area contributed by atoms with E-state index in [1.165, 1.54) is 10.4 Å². The van der Waals surface area contributed by atoms with Crippen molar-refractivity contribution < 1.29 is 23.4 Å². The predicted octanol–water partition coefficient (Wildman–Crippen LogP) is 1.65. The van der Waals surface area contributed by atoms with Crippen molar-refractivity contribution in [2.24, 2.45) is 0 Å². The van der Waals surface area contributed by atoms with Gasteiger partial charge >= 0.3 is 5.97 Å². The molecule has 6 nitrogen and oxygen atoms in total. The topological polar surface area (TPSA) is 94.9 Å². The number of phenols is 1. The minimum atomic E-state index is -3.71. The van der Waals surface area contributed by atoms with Gasteiger partial charge in [-0.2, -0.15) is 4.31 Å². The van der Waals surface area contributed by atoms with E-state index in [0.717, 1.165) is 31.4 Å². The summed E-state index contributed by atoms with van der Waals surface area (Å²) in [6.45, 7) is 2.38. The minimum absolute atomic E-state index is 0.0397. The Balaban J connectivity index is 2.44. The van der Waals surface area contributed by atoms with Crippen LogP contribution in [-0.2, 0) is 10.0 Å². The van der Waals surface area contributed by atoms with Gasteiger partial charge in [0.05, 0.1) is 4.90 Å². The number of hydrogen-bond acceptors (Lipinski definition) is 4. The first-order valence-corrected chi connectivity index (χ1v) is 7.90. The molecule has 1 heterocycles. The summed E-state index contributed by atoms with van der Waals surface area (Å²) < 4.78 is 26.5. The smallest absolute Gasteiger partial charge is 0.339 e. The molecule has 110 valence electrons. The van der Waals surface area contributed by atoms with Crippen molar-refractivity contribution in [3.63, 3.8) is 0 Å². The van der Waals surface area contributed by atoms with Gasteiger partial charge in [-0.05, 0) is 37.5 Å². The summed E-state index contributed by atoms with van der Waals surface area (Å²) in [6.07, 6.45) is 2.35. The van der Waals surface area contributed by atoms with Crippen LogP contribution in [0.5, 0.6) is 5.75 Å². The molecule has 1 aromatic rings. The lowest BCUT2D eigenvalue weighted by molar-refractivity contribution is 0.0693. The van der Waals surface area contributed by atoms with E-state index in [1.54, 1.807) is 0 Å². The van der Waals surface area contributed by atoms with E-state index in [-0.39, 0.29) is 10.9 Å². The summed E-state index contributed by atoms with van der Waals surface area (Å²) in [5, 5.41) is 18.4. The number of benzene rings is 1. The SMILES string of the molecule is CCC1CCCN1S(=O)(=O)c1ccc(O)c(C(=O)O)c1. The van der Waals surface area contributed by atoms with Crippen LogP contribution in [0.2, 0.25) is 0 Å². The fraction of sp³-hybridized carbons (Fsp3) is 0.462. The van der Waals surface area contributed by atoms with Crippen molar-refractivity contribution in [3.8, 4) is 5.75 Å². The maximum absolute atomic E-state index is 12.5. The maximum atomic E-state index is 12.5. The molecule has 1 aromatic carbocycles. The van der Waals surface area contributed by atoms with E-state index in [2.05, 4.69) is 0 Å². The summed E-state index contributed by atoms with van der Waals surface area (Å²) in [4.78, 5) is 10.9. The lowest BCUT2D eigenvalue weighted by Crippen LogP contribution is -2.35. The number of hydrogen-bond donors (Lipinski definition) is 2. The van der Waals surface area contributed by atoms with E-state index >= 15 is 0 Å². The van der Waals surface area contributed by atoms with Crippen LogP contribution in [0.25, 0.3) is 0 Å². The first-order valence-electron chi connectivity index (χ1n) is 6.46. The molecular weight excluding hydrogens is 282 g/mol. The Kier molecular flexibility index (Phi) is 4.01. The zero-order chi connectivity index (χ0) is 14.9. The van der Waals surface area contributed by atoms with Crippen LogP contribution >= 0.6 is 0 Å². The molecule has 1 atom stereocenters. The van der Waals surface area contributed by atoms with E-state index in [4.69, 9.17) is 5.11 Å². The van der Waals surface area contributed by atoms with Crippen molar-refractivity contribution in [2.75, 3.05) is 6.54 Å². The van der Waals surface area contributed by atoms with Crippen LogP contribution in [0, 0.1) is 0 Å². The normalized spacial score (nSPS) is 20.1. The summed E-state index contributed by atoms with van der Waals surface area (Å²) in [6, 6.07) is 3.31. The molecule has 7 heteroatoms. The Morgan fingerprint density at radius 1 is 1.45 bits per heavy atom. The molecule has 1 unspecified atom stereocenters. The Morgan fingerprint density at radius 2 is 2.15 bits per heavy atom. The van der Waals surface area contributed by atoms with Gasteiger partial charge in [-0.15, -0.1) is 0 Å². The Bertz CT molecular complexity index is 626. The molecule has 0 bridgehead atoms. The molecule has 0 spiro atoms. The highest BCUT2D eigenvalue weighted by Crippen LogP contribution is 2.29. The number of carbonyl (C=O) groups is 1. The molecule has 1 aliphatic heterocycles. The van der Waals surface area contributed by atoms with Gasteiger partial charge in [0, 0.05) is 12.6 Å². The van der Waals surface area contributed by atoms with Crippen molar-refractivity contribution in [1.29, 1.82) is 0 Å². The summed E-state index contributed by atoms with van der Waals surface area (Å²) in [5.41, 5.74) is -0.404. The molecule has 1 aliphatic rings. The summed E-state index contributed by atoms with van der Waals surface area (Å²) in [5.74, 6) is -1.79. The average Bonchev–Trinajstić information content (AvgIpc) is 2.87. The zero-order valence-corrected chi connectivity index (χ0v) is 11.9. The molecule has 0 radical (unpaired) electrons. The third-order valence-corrected chi connectivity index (χ3v) is 5.55. The van der Waals surface area contributed by atoms with Gasteiger partial charge in [0.25, 0.3) is 0 Å². The number of carboxylic acid groups (broad SMARTS) is 1. The third kappa shape index (κ3) is 2.51. The number of nitrogens with zero attached hydrogens (tertiary/aromatic N) is 1. The van der Waals surface area contributed by atoms with Crippen molar-refractivity contribution >= 4 is 16.0 Å². The van der Waals surface area contributed by atoms with Gasteiger partial charge in [0.2, 0.25) is 10.0 Å². The molecule has 20 heavy (non-hydrogen) atoms. The molecule has 2 rings (SSSR count). The number of aromatic carboxylic acids is 1. The zero-order valence-electron chi connectivity index (χ0n) is 11.1. The van der Waals surface area contributed by atoms with Crippen LogP contribution < -0.4 is 0 Å². The average molecular weight is 299 g/mol. The number of rotatable bonds is 4. The summed E-state index contributed by atoms with van der Waals surface area (Å²) in [7, 11) is -3.71. The monoisotopic (exact) mass is 299 g/mol. The molecular formula is C13H17NO5S. The van der Waals surface area contributed by atoms with Crippen molar-refractivity contribution in [2.45, 2.75) is 37.1 Å². The summed E-state index contributed by atoms with van der Waals surface area (Å²) >= 11 is 0. The second-order valence-electron chi connectivity index (χ2n) is 4.80. The first kappa shape index (κ1) is 14.8. The number of aromatic hydroxyl groups is 1. The Labute approximate surface area is 117 Å². The van der Waals surface area contributed by atoms with Gasteiger partial charge in [0.1, 0.15) is 11.3 Å². The van der Waals surface area contributed by atoms with Gasteiger partial charge in [-0.25, -0.2) is 13.2 Å². The lowest BCUT2D eigenvalue weighted by Gasteiger charge is -2.23. The van der Waals surface area contributed by atoms with Gasteiger partial charge < -0.3 is 10.2 Å². The van der Waals surface area contributed by atoms with Crippen LogP contribution in [-0.4, -0.2) is 41.5 Å². The molecule has 0 aromatic heterocycles. The Morgan fingerprint density at radius 3 is 2.75 bits per heavy atom. The van der Waals surface area contributed by atoms with Crippen LogP contribution in [0.4, 0.5) is 0 Å². The lowest BCUT2D eigenvalue weighted by atomic mass is 10.2. The Hall–Kier alpha value is -1.60.